The predicted octanol–water partition coefficient (Wildman–Crippen LogP) is 3.94. The molecule has 0 bridgehead atoms. The summed E-state index contributed by atoms with van der Waals surface area (Å²) in [6.45, 7) is 1.34. The Bertz CT molecular complexity index is 873. The molecule has 0 saturated heterocycles. The molecule has 0 saturated carbocycles. The number of rotatable bonds is 5. The minimum Gasteiger partial charge on any atom is -0.454 e. The van der Waals surface area contributed by atoms with Gasteiger partial charge in [-0.1, -0.05) is 35.9 Å². The molecule has 0 N–H and O–H groups in total. The summed E-state index contributed by atoms with van der Waals surface area (Å²) in [5.41, 5.74) is 1.34. The number of thiophene rings is 1. The van der Waals surface area contributed by atoms with E-state index >= 15 is 0 Å². The van der Waals surface area contributed by atoms with E-state index in [4.69, 9.17) is 16.3 Å². The molecule has 0 atom stereocenters. The van der Waals surface area contributed by atoms with Gasteiger partial charge in [0, 0.05) is 0 Å². The van der Waals surface area contributed by atoms with Crippen molar-refractivity contribution in [2.45, 2.75) is 6.92 Å². The average Bonchev–Trinajstić information content (AvgIpc) is 3.22. The van der Waals surface area contributed by atoms with E-state index in [2.05, 4.69) is 5.10 Å². The number of esters is 1. The summed E-state index contributed by atoms with van der Waals surface area (Å²) < 4.78 is 6.57. The summed E-state index contributed by atoms with van der Waals surface area (Å²) in [4.78, 5) is 24.8. The van der Waals surface area contributed by atoms with Crippen molar-refractivity contribution in [2.24, 2.45) is 0 Å². The molecule has 5 nitrogen and oxygen atoms in total. The van der Waals surface area contributed by atoms with Crippen molar-refractivity contribution in [3.63, 3.8) is 0 Å². The molecule has 24 heavy (non-hydrogen) atoms. The van der Waals surface area contributed by atoms with Gasteiger partial charge >= 0.3 is 5.97 Å². The van der Waals surface area contributed by atoms with Crippen molar-refractivity contribution in [3.05, 3.63) is 69.1 Å². The van der Waals surface area contributed by atoms with E-state index in [0.717, 1.165) is 5.69 Å². The third-order valence-corrected chi connectivity index (χ3v) is 4.60. The second-order valence-corrected chi connectivity index (χ2v) is 6.28. The van der Waals surface area contributed by atoms with Crippen LogP contribution in [0.1, 0.15) is 25.7 Å². The highest BCUT2D eigenvalue weighted by Gasteiger charge is 2.23. The van der Waals surface area contributed by atoms with Crippen LogP contribution in [0.25, 0.3) is 5.69 Å². The van der Waals surface area contributed by atoms with Crippen molar-refractivity contribution in [1.82, 2.24) is 9.78 Å². The minimum atomic E-state index is -0.662. The first-order chi connectivity index (χ1) is 11.6. The smallest absolute Gasteiger partial charge is 0.343 e. The van der Waals surface area contributed by atoms with Crippen LogP contribution in [0.4, 0.5) is 0 Å². The number of hydrogen-bond acceptors (Lipinski definition) is 5. The second kappa shape index (κ2) is 6.98. The van der Waals surface area contributed by atoms with Crippen molar-refractivity contribution in [1.29, 1.82) is 0 Å². The molecular weight excluding hydrogens is 348 g/mol. The Hall–Kier alpha value is -2.44. The Morgan fingerprint density at radius 3 is 2.62 bits per heavy atom. The van der Waals surface area contributed by atoms with Crippen LogP contribution >= 0.6 is 22.9 Å². The van der Waals surface area contributed by atoms with Gasteiger partial charge in [-0.15, -0.1) is 11.3 Å². The van der Waals surface area contributed by atoms with Gasteiger partial charge in [-0.2, -0.15) is 5.10 Å². The third-order valence-electron chi connectivity index (χ3n) is 3.34. The summed E-state index contributed by atoms with van der Waals surface area (Å²) in [5, 5.41) is 6.23. The quantitative estimate of drug-likeness (QED) is 0.511. The van der Waals surface area contributed by atoms with E-state index in [1.807, 2.05) is 30.3 Å². The van der Waals surface area contributed by atoms with E-state index in [1.54, 1.807) is 24.4 Å². The van der Waals surface area contributed by atoms with E-state index in [1.165, 1.54) is 16.0 Å². The number of Topliss-reactive ketones (excluding diaryl/α,β-unsaturated/α-hetero) is 1. The van der Waals surface area contributed by atoms with Crippen molar-refractivity contribution >= 4 is 34.7 Å². The molecule has 7 heteroatoms. The lowest BCUT2D eigenvalue weighted by Gasteiger charge is -2.04. The number of ketones is 1. The lowest BCUT2D eigenvalue weighted by molar-refractivity contribution is 0.0475. The molecule has 0 amide bonds. The summed E-state index contributed by atoms with van der Waals surface area (Å²) in [6, 6.07) is 12.7. The van der Waals surface area contributed by atoms with E-state index in [-0.39, 0.29) is 23.1 Å². The van der Waals surface area contributed by atoms with Gasteiger partial charge < -0.3 is 4.74 Å². The minimum absolute atomic E-state index is 0.160. The highest BCUT2D eigenvalue weighted by molar-refractivity contribution is 7.12. The lowest BCUT2D eigenvalue weighted by atomic mass is 10.2. The Morgan fingerprint density at radius 1 is 1.21 bits per heavy atom. The summed E-state index contributed by atoms with van der Waals surface area (Å²) in [5.74, 6) is -0.910. The van der Waals surface area contributed by atoms with Crippen molar-refractivity contribution in [2.75, 3.05) is 6.61 Å². The molecule has 122 valence electrons. The van der Waals surface area contributed by atoms with Gasteiger partial charge in [0.2, 0.25) is 5.78 Å². The normalized spacial score (nSPS) is 10.6. The Labute approximate surface area is 147 Å². The highest BCUT2D eigenvalue weighted by atomic mass is 35.5. The zero-order valence-electron chi connectivity index (χ0n) is 12.7. The molecule has 0 aliphatic carbocycles. The van der Waals surface area contributed by atoms with Crippen LogP contribution in [-0.4, -0.2) is 28.1 Å². The first-order valence-corrected chi connectivity index (χ1v) is 8.38. The van der Waals surface area contributed by atoms with Gasteiger partial charge in [-0.05, 0) is 30.5 Å². The molecule has 2 aromatic heterocycles. The lowest BCUT2D eigenvalue weighted by Crippen LogP contribution is -2.14. The number of benzene rings is 1. The number of aromatic nitrogens is 2. The predicted molar refractivity (Wildman–Crippen MR) is 92.2 cm³/mol. The Morgan fingerprint density at radius 2 is 1.96 bits per heavy atom. The van der Waals surface area contributed by atoms with Gasteiger partial charge in [0.05, 0.1) is 16.3 Å². The standard InChI is InChI=1S/C17H13ClN2O3S/c1-11-15(16(18)20(19-11)12-6-3-2-4-7-12)17(22)23-10-13(21)14-8-5-9-24-14/h2-9H,10H2,1H3. The maximum absolute atomic E-state index is 12.3. The Kier molecular flexibility index (Phi) is 4.78. The second-order valence-electron chi connectivity index (χ2n) is 4.98. The fourth-order valence-corrected chi connectivity index (χ4v) is 3.18. The van der Waals surface area contributed by atoms with E-state index in [9.17, 15) is 9.59 Å². The molecule has 3 rings (SSSR count). The zero-order chi connectivity index (χ0) is 17.1. The largest absolute Gasteiger partial charge is 0.454 e. The molecule has 0 spiro atoms. The molecule has 3 aromatic rings. The average molecular weight is 361 g/mol. The SMILES string of the molecule is Cc1nn(-c2ccccc2)c(Cl)c1C(=O)OCC(=O)c1cccs1. The number of nitrogens with zero attached hydrogens (tertiary/aromatic N) is 2. The third kappa shape index (κ3) is 3.25. The van der Waals surface area contributed by atoms with Gasteiger partial charge in [0.15, 0.2) is 6.61 Å². The number of halogens is 1. The van der Waals surface area contributed by atoms with E-state index in [0.29, 0.717) is 10.6 Å². The summed E-state index contributed by atoms with van der Waals surface area (Å²) in [6.07, 6.45) is 0. The van der Waals surface area contributed by atoms with Gasteiger partial charge in [0.1, 0.15) is 10.7 Å². The van der Waals surface area contributed by atoms with Crippen LogP contribution in [0.5, 0.6) is 0 Å². The number of carbonyl (C=O) groups excluding carboxylic acids is 2. The first kappa shape index (κ1) is 16.4. The summed E-state index contributed by atoms with van der Waals surface area (Å²) in [7, 11) is 0. The molecule has 0 aliphatic heterocycles. The monoisotopic (exact) mass is 360 g/mol. The number of carbonyl (C=O) groups is 2. The number of aryl methyl sites for hydroxylation is 1. The maximum Gasteiger partial charge on any atom is 0.343 e. The fraction of sp³-hybridized carbons (Fsp3) is 0.118. The van der Waals surface area contributed by atoms with Crippen molar-refractivity contribution in [3.8, 4) is 5.69 Å². The topological polar surface area (TPSA) is 61.2 Å². The zero-order valence-corrected chi connectivity index (χ0v) is 14.3. The molecule has 1 aromatic carbocycles. The molecule has 0 fully saturated rings. The summed E-state index contributed by atoms with van der Waals surface area (Å²) >= 11 is 7.59. The van der Waals surface area contributed by atoms with Crippen LogP contribution in [0.3, 0.4) is 0 Å². The fourth-order valence-electron chi connectivity index (χ4n) is 2.18. The van der Waals surface area contributed by atoms with Gasteiger partial charge in [0.25, 0.3) is 0 Å². The maximum atomic E-state index is 12.3. The highest BCUT2D eigenvalue weighted by Crippen LogP contribution is 2.24. The van der Waals surface area contributed by atoms with E-state index < -0.39 is 5.97 Å². The molecule has 0 unspecified atom stereocenters. The van der Waals surface area contributed by atoms with Gasteiger partial charge in [-0.25, -0.2) is 9.48 Å². The van der Waals surface area contributed by atoms with Crippen LogP contribution in [0.2, 0.25) is 5.15 Å². The Balaban J connectivity index is 1.78. The molecule has 2 heterocycles. The molecular formula is C17H13ClN2O3S. The molecule has 0 aliphatic rings. The number of para-hydroxylation sites is 1. The first-order valence-electron chi connectivity index (χ1n) is 7.12. The molecule has 0 radical (unpaired) electrons. The van der Waals surface area contributed by atoms with Crippen molar-refractivity contribution < 1.29 is 14.3 Å². The van der Waals surface area contributed by atoms with Crippen LogP contribution in [0, 0.1) is 6.92 Å². The number of ether oxygens (including phenoxy) is 1. The van der Waals surface area contributed by atoms with Crippen LogP contribution < -0.4 is 0 Å². The number of hydrogen-bond donors (Lipinski definition) is 0. The van der Waals surface area contributed by atoms with Crippen LogP contribution in [0.15, 0.2) is 47.8 Å². The van der Waals surface area contributed by atoms with Gasteiger partial charge in [-0.3, -0.25) is 4.79 Å². The van der Waals surface area contributed by atoms with Crippen LogP contribution in [-0.2, 0) is 4.74 Å².